The highest BCUT2D eigenvalue weighted by Crippen LogP contribution is 2.49. The van der Waals surface area contributed by atoms with Crippen molar-refractivity contribution < 1.29 is 4.79 Å². The second-order valence-electron chi connectivity index (χ2n) is 6.94. The van der Waals surface area contributed by atoms with E-state index in [1.165, 1.54) is 30.6 Å². The van der Waals surface area contributed by atoms with Crippen molar-refractivity contribution in [2.24, 2.45) is 23.7 Å². The maximum atomic E-state index is 12.4. The predicted molar refractivity (Wildman–Crippen MR) is 83.6 cm³/mol. The zero-order chi connectivity index (χ0) is 14.1. The highest BCUT2D eigenvalue weighted by atomic mass is 32.1. The Hall–Kier alpha value is -0.830. The number of amides is 1. The zero-order valence-corrected chi connectivity index (χ0v) is 13.3. The van der Waals surface area contributed by atoms with Crippen LogP contribution in [0.4, 0.5) is 0 Å². The van der Waals surface area contributed by atoms with E-state index in [1.54, 1.807) is 11.3 Å². The summed E-state index contributed by atoms with van der Waals surface area (Å²) in [7, 11) is 0. The lowest BCUT2D eigenvalue weighted by Gasteiger charge is -2.25. The van der Waals surface area contributed by atoms with Crippen LogP contribution in [-0.2, 0) is 4.79 Å². The quantitative estimate of drug-likeness (QED) is 0.856. The van der Waals surface area contributed by atoms with Crippen molar-refractivity contribution in [3.63, 3.8) is 0 Å². The average molecular weight is 291 g/mol. The minimum atomic E-state index is 0.182. The van der Waals surface area contributed by atoms with Crippen molar-refractivity contribution in [3.05, 3.63) is 22.4 Å². The van der Waals surface area contributed by atoms with Gasteiger partial charge in [-0.3, -0.25) is 4.79 Å². The van der Waals surface area contributed by atoms with E-state index in [9.17, 15) is 4.79 Å². The largest absolute Gasteiger partial charge is 0.348 e. The van der Waals surface area contributed by atoms with Crippen LogP contribution >= 0.6 is 11.3 Å². The molecule has 2 fully saturated rings. The fourth-order valence-electron chi connectivity index (χ4n) is 4.13. The monoisotopic (exact) mass is 291 g/mol. The maximum Gasteiger partial charge on any atom is 0.220 e. The van der Waals surface area contributed by atoms with Crippen molar-refractivity contribution in [1.29, 1.82) is 0 Å². The topological polar surface area (TPSA) is 29.1 Å². The molecule has 3 heteroatoms. The molecule has 0 aromatic carbocycles. The number of fused-ring (bicyclic) bond motifs is 2. The van der Waals surface area contributed by atoms with Crippen molar-refractivity contribution in [2.75, 3.05) is 0 Å². The van der Waals surface area contributed by atoms with Gasteiger partial charge in [-0.05, 0) is 54.4 Å². The smallest absolute Gasteiger partial charge is 0.220 e. The Bertz CT molecular complexity index is 454. The molecule has 1 aromatic heterocycles. The molecule has 2 nitrogen and oxygen atoms in total. The van der Waals surface area contributed by atoms with Gasteiger partial charge in [-0.2, -0.15) is 0 Å². The standard InChI is InChI=1S/C17H25NOS/c1-11(2)17(15-4-3-7-20-15)18-16(19)10-14-9-12-5-6-13(14)8-12/h3-4,7,11-14,17H,5-6,8-10H2,1-2H3,(H,18,19)/t12-,13-,14-,17-/m0/s1. The lowest BCUT2D eigenvalue weighted by atomic mass is 9.86. The number of nitrogens with one attached hydrogen (secondary N) is 1. The normalized spacial score (nSPS) is 29.9. The number of carbonyl (C=O) groups is 1. The molecule has 0 aliphatic heterocycles. The molecule has 1 aromatic rings. The molecule has 1 heterocycles. The third kappa shape index (κ3) is 2.93. The van der Waals surface area contributed by atoms with Crippen molar-refractivity contribution in [2.45, 2.75) is 52.0 Å². The fourth-order valence-corrected chi connectivity index (χ4v) is 5.08. The van der Waals surface area contributed by atoms with Gasteiger partial charge in [-0.25, -0.2) is 0 Å². The number of thiophene rings is 1. The molecule has 0 radical (unpaired) electrons. The first-order chi connectivity index (χ1) is 9.63. The van der Waals surface area contributed by atoms with E-state index in [0.29, 0.717) is 11.8 Å². The summed E-state index contributed by atoms with van der Waals surface area (Å²) in [5.74, 6) is 3.12. The first kappa shape index (κ1) is 14.1. The van der Waals surface area contributed by atoms with Gasteiger partial charge < -0.3 is 5.32 Å². The molecule has 2 aliphatic carbocycles. The molecule has 20 heavy (non-hydrogen) atoms. The van der Waals surface area contributed by atoms with Crippen LogP contribution in [0.25, 0.3) is 0 Å². The maximum absolute atomic E-state index is 12.4. The van der Waals surface area contributed by atoms with Gasteiger partial charge in [-0.15, -0.1) is 11.3 Å². The van der Waals surface area contributed by atoms with Crippen LogP contribution in [0.3, 0.4) is 0 Å². The van der Waals surface area contributed by atoms with Crippen LogP contribution in [0.1, 0.15) is 56.9 Å². The van der Waals surface area contributed by atoms with E-state index in [0.717, 1.165) is 18.3 Å². The van der Waals surface area contributed by atoms with Crippen molar-refractivity contribution in [3.8, 4) is 0 Å². The highest BCUT2D eigenvalue weighted by molar-refractivity contribution is 7.10. The van der Waals surface area contributed by atoms with Crippen molar-refractivity contribution in [1.82, 2.24) is 5.32 Å². The van der Waals surface area contributed by atoms with Gasteiger partial charge in [0.05, 0.1) is 6.04 Å². The lowest BCUT2D eigenvalue weighted by Crippen LogP contribution is -2.33. The molecule has 2 saturated carbocycles. The first-order valence-electron chi connectivity index (χ1n) is 7.96. The Balaban J connectivity index is 1.57. The lowest BCUT2D eigenvalue weighted by molar-refractivity contribution is -0.123. The number of hydrogen-bond acceptors (Lipinski definition) is 2. The summed E-state index contributed by atoms with van der Waals surface area (Å²) in [5, 5.41) is 5.37. The fraction of sp³-hybridized carbons (Fsp3) is 0.706. The van der Waals surface area contributed by atoms with E-state index in [-0.39, 0.29) is 11.9 Å². The van der Waals surface area contributed by atoms with E-state index in [1.807, 2.05) is 0 Å². The van der Waals surface area contributed by atoms with Gasteiger partial charge in [0, 0.05) is 11.3 Å². The third-order valence-corrected chi connectivity index (χ3v) is 6.12. The minimum absolute atomic E-state index is 0.182. The van der Waals surface area contributed by atoms with Crippen LogP contribution in [0.15, 0.2) is 17.5 Å². The Morgan fingerprint density at radius 2 is 2.25 bits per heavy atom. The summed E-state index contributed by atoms with van der Waals surface area (Å²) in [4.78, 5) is 13.7. The van der Waals surface area contributed by atoms with Gasteiger partial charge in [0.25, 0.3) is 0 Å². The zero-order valence-electron chi connectivity index (χ0n) is 12.5. The predicted octanol–water partition coefficient (Wildman–Crippen LogP) is 4.39. The summed E-state index contributed by atoms with van der Waals surface area (Å²) >= 11 is 1.74. The second kappa shape index (κ2) is 5.88. The average Bonchev–Trinajstić information content (AvgIpc) is 3.12. The molecule has 0 spiro atoms. The number of carbonyl (C=O) groups excluding carboxylic acids is 1. The van der Waals surface area contributed by atoms with Crippen molar-refractivity contribution >= 4 is 17.2 Å². The Kier molecular flexibility index (Phi) is 4.16. The Morgan fingerprint density at radius 1 is 1.40 bits per heavy atom. The molecule has 4 atom stereocenters. The SMILES string of the molecule is CC(C)[C@H](NC(=O)C[C@@H]1C[C@H]2CC[C@H]1C2)c1cccs1. The molecule has 0 saturated heterocycles. The summed E-state index contributed by atoms with van der Waals surface area (Å²) in [5.41, 5.74) is 0. The summed E-state index contributed by atoms with van der Waals surface area (Å²) in [6.07, 6.45) is 6.20. The molecule has 3 rings (SSSR count). The van der Waals surface area contributed by atoms with E-state index in [2.05, 4.69) is 36.7 Å². The second-order valence-corrected chi connectivity index (χ2v) is 7.92. The summed E-state index contributed by atoms with van der Waals surface area (Å²) in [6, 6.07) is 4.38. The summed E-state index contributed by atoms with van der Waals surface area (Å²) < 4.78 is 0. The van der Waals surface area contributed by atoms with Crippen LogP contribution in [0, 0.1) is 23.7 Å². The van der Waals surface area contributed by atoms with Gasteiger partial charge in [0.1, 0.15) is 0 Å². The van der Waals surface area contributed by atoms with Gasteiger partial charge >= 0.3 is 0 Å². The number of rotatable bonds is 5. The van der Waals surface area contributed by atoms with Crippen LogP contribution in [0.5, 0.6) is 0 Å². The molecular formula is C17H25NOS. The first-order valence-corrected chi connectivity index (χ1v) is 8.84. The van der Waals surface area contributed by atoms with Crippen LogP contribution < -0.4 is 5.32 Å². The third-order valence-electron chi connectivity index (χ3n) is 5.16. The molecule has 2 bridgehead atoms. The molecule has 110 valence electrons. The molecule has 1 N–H and O–H groups in total. The van der Waals surface area contributed by atoms with Crippen LogP contribution in [-0.4, -0.2) is 5.91 Å². The molecule has 2 aliphatic rings. The molecular weight excluding hydrogens is 266 g/mol. The molecule has 0 unspecified atom stereocenters. The Labute approximate surface area is 126 Å². The van der Waals surface area contributed by atoms with Gasteiger partial charge in [-0.1, -0.05) is 26.3 Å². The highest BCUT2D eigenvalue weighted by Gasteiger charge is 2.40. The number of hydrogen-bond donors (Lipinski definition) is 1. The minimum Gasteiger partial charge on any atom is -0.348 e. The molecule has 1 amide bonds. The van der Waals surface area contributed by atoms with E-state index >= 15 is 0 Å². The summed E-state index contributed by atoms with van der Waals surface area (Å²) in [6.45, 7) is 4.37. The van der Waals surface area contributed by atoms with E-state index < -0.39 is 0 Å². The van der Waals surface area contributed by atoms with Gasteiger partial charge in [0.15, 0.2) is 0 Å². The van der Waals surface area contributed by atoms with Gasteiger partial charge in [0.2, 0.25) is 5.91 Å². The Morgan fingerprint density at radius 3 is 2.80 bits per heavy atom. The van der Waals surface area contributed by atoms with Crippen LogP contribution in [0.2, 0.25) is 0 Å². The van der Waals surface area contributed by atoms with E-state index in [4.69, 9.17) is 0 Å².